The number of nitrogens with zero attached hydrogens (tertiary/aromatic N) is 2. The summed E-state index contributed by atoms with van der Waals surface area (Å²) >= 11 is 3.57. The average molecular weight is 427 g/mol. The first-order chi connectivity index (χ1) is 13.0. The fourth-order valence-corrected chi connectivity index (χ4v) is 4.86. The summed E-state index contributed by atoms with van der Waals surface area (Å²) in [5.41, 5.74) is 4.95. The second-order valence-electron chi connectivity index (χ2n) is 7.99. The molecule has 1 saturated heterocycles. The number of piperidine rings is 1. The number of likely N-dealkylation sites (tertiary alicyclic amines) is 1. The van der Waals surface area contributed by atoms with Gasteiger partial charge in [-0.05, 0) is 56.9 Å². The summed E-state index contributed by atoms with van der Waals surface area (Å²) in [5, 5.41) is 0. The Morgan fingerprint density at radius 2 is 1.74 bits per heavy atom. The van der Waals surface area contributed by atoms with Gasteiger partial charge in [-0.3, -0.25) is 9.69 Å². The highest BCUT2D eigenvalue weighted by Crippen LogP contribution is 2.41. The number of halogens is 1. The van der Waals surface area contributed by atoms with Crippen LogP contribution in [0.4, 0.5) is 5.69 Å². The van der Waals surface area contributed by atoms with Gasteiger partial charge < -0.3 is 4.90 Å². The maximum Gasteiger partial charge on any atom is 0.234 e. The highest BCUT2D eigenvalue weighted by molar-refractivity contribution is 9.10. The van der Waals surface area contributed by atoms with Gasteiger partial charge >= 0.3 is 0 Å². The number of anilines is 1. The van der Waals surface area contributed by atoms with E-state index in [4.69, 9.17) is 0 Å². The van der Waals surface area contributed by atoms with Crippen molar-refractivity contribution in [1.29, 1.82) is 0 Å². The normalized spacial score (nSPS) is 22.1. The maximum atomic E-state index is 12.9. The van der Waals surface area contributed by atoms with Crippen LogP contribution < -0.4 is 4.90 Å². The zero-order chi connectivity index (χ0) is 19.1. The van der Waals surface area contributed by atoms with Gasteiger partial charge in [0.05, 0.1) is 5.92 Å². The molecule has 2 aromatic carbocycles. The fraction of sp³-hybridized carbons (Fsp3) is 0.435. The van der Waals surface area contributed by atoms with Crippen LogP contribution in [0.2, 0.25) is 0 Å². The average Bonchev–Trinajstić information content (AvgIpc) is 2.92. The number of carbonyl (C=O) groups excluding carboxylic acids is 1. The van der Waals surface area contributed by atoms with Crippen molar-refractivity contribution in [3.8, 4) is 0 Å². The van der Waals surface area contributed by atoms with E-state index >= 15 is 0 Å². The van der Waals surface area contributed by atoms with Gasteiger partial charge in [0.1, 0.15) is 0 Å². The zero-order valence-electron chi connectivity index (χ0n) is 16.3. The molecule has 4 rings (SSSR count). The summed E-state index contributed by atoms with van der Waals surface area (Å²) in [5.74, 6) is 0.228. The van der Waals surface area contributed by atoms with E-state index in [1.54, 1.807) is 0 Å². The molecule has 142 valence electrons. The highest BCUT2D eigenvalue weighted by atomic mass is 79.9. The lowest BCUT2D eigenvalue weighted by Crippen LogP contribution is -2.47. The highest BCUT2D eigenvalue weighted by Gasteiger charge is 2.39. The topological polar surface area (TPSA) is 23.6 Å². The molecule has 1 fully saturated rings. The SMILES string of the molecule is Cc1ccc(C(C)N2CCC(N3C(=O)[C@H](C)c4ccc(Br)cc43)CC2)cc1. The van der Waals surface area contributed by atoms with Crippen molar-refractivity contribution in [3.05, 3.63) is 63.6 Å². The molecule has 0 N–H and O–H groups in total. The van der Waals surface area contributed by atoms with Crippen LogP contribution >= 0.6 is 15.9 Å². The van der Waals surface area contributed by atoms with Crippen LogP contribution in [-0.4, -0.2) is 29.9 Å². The lowest BCUT2D eigenvalue weighted by atomic mass is 9.98. The minimum absolute atomic E-state index is 0.0300. The van der Waals surface area contributed by atoms with Crippen molar-refractivity contribution >= 4 is 27.5 Å². The van der Waals surface area contributed by atoms with Crippen molar-refractivity contribution < 1.29 is 4.79 Å². The smallest absolute Gasteiger partial charge is 0.234 e. The Bertz CT molecular complexity index is 840. The van der Waals surface area contributed by atoms with Crippen molar-refractivity contribution in [1.82, 2.24) is 4.90 Å². The first-order valence-electron chi connectivity index (χ1n) is 9.89. The number of hydrogen-bond acceptors (Lipinski definition) is 2. The van der Waals surface area contributed by atoms with Gasteiger partial charge in [0.15, 0.2) is 0 Å². The molecule has 2 aromatic rings. The van der Waals surface area contributed by atoms with Crippen molar-refractivity contribution in [2.24, 2.45) is 0 Å². The fourth-order valence-electron chi connectivity index (χ4n) is 4.52. The molecule has 3 nitrogen and oxygen atoms in total. The number of carbonyl (C=O) groups is 1. The van der Waals surface area contributed by atoms with E-state index in [1.807, 2.05) is 13.0 Å². The number of benzene rings is 2. The summed E-state index contributed by atoms with van der Waals surface area (Å²) < 4.78 is 1.04. The minimum Gasteiger partial charge on any atom is -0.308 e. The van der Waals surface area contributed by atoms with Gasteiger partial charge in [-0.2, -0.15) is 0 Å². The number of amides is 1. The molecule has 0 aromatic heterocycles. The van der Waals surface area contributed by atoms with Gasteiger partial charge in [-0.1, -0.05) is 51.8 Å². The van der Waals surface area contributed by atoms with Crippen molar-refractivity contribution in [2.45, 2.75) is 51.6 Å². The quantitative estimate of drug-likeness (QED) is 0.652. The van der Waals surface area contributed by atoms with Gasteiger partial charge in [-0.15, -0.1) is 0 Å². The predicted octanol–water partition coefficient (Wildman–Crippen LogP) is 5.43. The number of aryl methyl sites for hydroxylation is 1. The largest absolute Gasteiger partial charge is 0.308 e. The van der Waals surface area contributed by atoms with Crippen LogP contribution in [0.25, 0.3) is 0 Å². The van der Waals surface area contributed by atoms with Gasteiger partial charge in [-0.25, -0.2) is 0 Å². The third-order valence-corrected chi connectivity index (χ3v) is 6.79. The van der Waals surface area contributed by atoms with Crippen molar-refractivity contribution in [2.75, 3.05) is 18.0 Å². The van der Waals surface area contributed by atoms with Crippen LogP contribution in [0.1, 0.15) is 55.3 Å². The standard InChI is InChI=1S/C23H27BrN2O/c1-15-4-6-18(7-5-15)17(3)25-12-10-20(11-13-25)26-22-14-19(24)8-9-21(22)16(2)23(26)27/h4-9,14,16-17,20H,10-13H2,1-3H3/t16-,17?/m1/s1. The molecule has 0 bridgehead atoms. The Morgan fingerprint density at radius 3 is 2.41 bits per heavy atom. The lowest BCUT2D eigenvalue weighted by molar-refractivity contribution is -0.119. The van der Waals surface area contributed by atoms with E-state index in [0.717, 1.165) is 36.1 Å². The third-order valence-electron chi connectivity index (χ3n) is 6.30. The molecule has 4 heteroatoms. The first-order valence-corrected chi connectivity index (χ1v) is 10.7. The van der Waals surface area contributed by atoms with E-state index in [0.29, 0.717) is 12.1 Å². The third kappa shape index (κ3) is 3.45. The monoisotopic (exact) mass is 426 g/mol. The van der Waals surface area contributed by atoms with E-state index in [-0.39, 0.29) is 11.8 Å². The number of fused-ring (bicyclic) bond motifs is 1. The summed E-state index contributed by atoms with van der Waals surface area (Å²) in [6.07, 6.45) is 2.06. The van der Waals surface area contributed by atoms with Crippen LogP contribution in [0.3, 0.4) is 0 Å². The molecule has 2 aliphatic heterocycles. The molecule has 2 heterocycles. The molecular weight excluding hydrogens is 400 g/mol. The van der Waals surface area contributed by atoms with Crippen LogP contribution in [-0.2, 0) is 4.79 Å². The Labute approximate surface area is 170 Å². The second kappa shape index (κ2) is 7.40. The molecule has 0 aliphatic carbocycles. The van der Waals surface area contributed by atoms with Gasteiger partial charge in [0.25, 0.3) is 0 Å². The summed E-state index contributed by atoms with van der Waals surface area (Å²) in [4.78, 5) is 17.6. The molecule has 2 aliphatic rings. The molecule has 27 heavy (non-hydrogen) atoms. The zero-order valence-corrected chi connectivity index (χ0v) is 17.9. The van der Waals surface area contributed by atoms with Gasteiger partial charge in [0, 0.05) is 35.3 Å². The Kier molecular flexibility index (Phi) is 5.13. The molecule has 0 saturated carbocycles. The van der Waals surface area contributed by atoms with Crippen LogP contribution in [0, 0.1) is 6.92 Å². The lowest BCUT2D eigenvalue weighted by Gasteiger charge is -2.40. The maximum absolute atomic E-state index is 12.9. The summed E-state index contributed by atoms with van der Waals surface area (Å²) in [6, 6.07) is 15.8. The van der Waals surface area contributed by atoms with E-state index < -0.39 is 0 Å². The van der Waals surface area contributed by atoms with Crippen molar-refractivity contribution in [3.63, 3.8) is 0 Å². The minimum atomic E-state index is -0.0300. The Hall–Kier alpha value is -1.65. The molecule has 1 amide bonds. The molecule has 0 spiro atoms. The van der Waals surface area contributed by atoms with E-state index in [1.165, 1.54) is 16.7 Å². The van der Waals surface area contributed by atoms with Crippen LogP contribution in [0.15, 0.2) is 46.9 Å². The Morgan fingerprint density at radius 1 is 1.07 bits per heavy atom. The van der Waals surface area contributed by atoms with E-state index in [2.05, 4.69) is 76.0 Å². The Balaban J connectivity index is 1.47. The van der Waals surface area contributed by atoms with Crippen LogP contribution in [0.5, 0.6) is 0 Å². The number of hydrogen-bond donors (Lipinski definition) is 0. The molecular formula is C23H27BrN2O. The molecule has 1 unspecified atom stereocenters. The summed E-state index contributed by atoms with van der Waals surface area (Å²) in [6.45, 7) is 8.51. The molecule has 0 radical (unpaired) electrons. The predicted molar refractivity (Wildman–Crippen MR) is 114 cm³/mol. The number of rotatable bonds is 3. The van der Waals surface area contributed by atoms with Gasteiger partial charge in [0.2, 0.25) is 5.91 Å². The molecule has 2 atom stereocenters. The second-order valence-corrected chi connectivity index (χ2v) is 8.90. The summed E-state index contributed by atoms with van der Waals surface area (Å²) in [7, 11) is 0. The first kappa shape index (κ1) is 18.7. The van der Waals surface area contributed by atoms with E-state index in [9.17, 15) is 4.79 Å².